The third-order valence-corrected chi connectivity index (χ3v) is 6.34. The van der Waals surface area contributed by atoms with E-state index in [9.17, 15) is 4.79 Å². The third kappa shape index (κ3) is 2.62. The van der Waals surface area contributed by atoms with E-state index in [1.807, 2.05) is 24.3 Å². The number of carbonyl (C=O) groups excluding carboxylic acids is 1. The summed E-state index contributed by atoms with van der Waals surface area (Å²) in [5.74, 6) is 1.38. The number of ether oxygens (including phenoxy) is 3. The van der Waals surface area contributed by atoms with E-state index in [-0.39, 0.29) is 23.6 Å². The van der Waals surface area contributed by atoms with Gasteiger partial charge in [0.2, 0.25) is 0 Å². The molecule has 0 N–H and O–H groups in total. The van der Waals surface area contributed by atoms with Crippen LogP contribution < -0.4 is 9.47 Å². The van der Waals surface area contributed by atoms with Gasteiger partial charge in [-0.1, -0.05) is 36.8 Å². The first-order valence-electron chi connectivity index (χ1n) is 10.0. The second-order valence-electron chi connectivity index (χ2n) is 7.89. The molecular weight excluding hydrogens is 352 g/mol. The van der Waals surface area contributed by atoms with Crippen molar-refractivity contribution in [1.82, 2.24) is 0 Å². The van der Waals surface area contributed by atoms with Crippen LogP contribution in [0.15, 0.2) is 54.6 Å². The second kappa shape index (κ2) is 6.69. The van der Waals surface area contributed by atoms with Gasteiger partial charge >= 0.3 is 5.97 Å². The summed E-state index contributed by atoms with van der Waals surface area (Å²) in [6, 6.07) is 13.3. The van der Waals surface area contributed by atoms with Crippen LogP contribution in [0, 0.1) is 0 Å². The minimum Gasteiger partial charge on any atom is -0.493 e. The number of esters is 1. The van der Waals surface area contributed by atoms with Crippen molar-refractivity contribution in [3.05, 3.63) is 71.3 Å². The summed E-state index contributed by atoms with van der Waals surface area (Å²) < 4.78 is 17.8. The summed E-state index contributed by atoms with van der Waals surface area (Å²) in [5, 5.41) is 0. The molecule has 0 saturated heterocycles. The fourth-order valence-corrected chi connectivity index (χ4v) is 5.00. The minimum absolute atomic E-state index is 0.0331. The lowest BCUT2D eigenvalue weighted by molar-refractivity contribution is 0.0220. The molecule has 0 amide bonds. The molecule has 1 heterocycles. The van der Waals surface area contributed by atoms with Gasteiger partial charge in [-0.15, -0.1) is 0 Å². The van der Waals surface area contributed by atoms with Crippen molar-refractivity contribution in [2.75, 3.05) is 7.11 Å². The topological polar surface area (TPSA) is 44.8 Å². The Morgan fingerprint density at radius 2 is 2.00 bits per heavy atom. The van der Waals surface area contributed by atoms with Gasteiger partial charge in [0.1, 0.15) is 12.2 Å². The molecule has 0 fully saturated rings. The van der Waals surface area contributed by atoms with E-state index in [0.29, 0.717) is 12.0 Å². The molecule has 2 aromatic carbocycles. The largest absolute Gasteiger partial charge is 0.493 e. The molecular formula is C24H24O4. The maximum Gasteiger partial charge on any atom is 0.338 e. The molecule has 0 bridgehead atoms. The first-order chi connectivity index (χ1) is 13.7. The summed E-state index contributed by atoms with van der Waals surface area (Å²) in [6.07, 6.45) is 9.12. The van der Waals surface area contributed by atoms with Crippen LogP contribution in [0.4, 0.5) is 0 Å². The van der Waals surface area contributed by atoms with E-state index >= 15 is 0 Å². The van der Waals surface area contributed by atoms with Crippen molar-refractivity contribution in [1.29, 1.82) is 0 Å². The average molecular weight is 376 g/mol. The normalized spacial score (nSPS) is 27.2. The summed E-state index contributed by atoms with van der Waals surface area (Å²) in [4.78, 5) is 12.5. The zero-order valence-corrected chi connectivity index (χ0v) is 16.0. The minimum atomic E-state index is -0.291. The Labute approximate surface area is 165 Å². The van der Waals surface area contributed by atoms with Crippen molar-refractivity contribution < 1.29 is 19.0 Å². The van der Waals surface area contributed by atoms with Crippen molar-refractivity contribution in [2.45, 2.75) is 49.7 Å². The fraction of sp³-hybridized carbons (Fsp3) is 0.375. The zero-order chi connectivity index (χ0) is 19.1. The second-order valence-corrected chi connectivity index (χ2v) is 7.89. The van der Waals surface area contributed by atoms with Crippen LogP contribution in [0.2, 0.25) is 0 Å². The van der Waals surface area contributed by atoms with E-state index < -0.39 is 0 Å². The Hall–Kier alpha value is -2.75. The number of carbonyl (C=O) groups is 1. The maximum atomic E-state index is 12.5. The smallest absolute Gasteiger partial charge is 0.338 e. The van der Waals surface area contributed by atoms with Gasteiger partial charge in [0.05, 0.1) is 18.1 Å². The summed E-state index contributed by atoms with van der Waals surface area (Å²) in [5.41, 5.74) is 3.09. The van der Waals surface area contributed by atoms with E-state index in [4.69, 9.17) is 14.2 Å². The summed E-state index contributed by atoms with van der Waals surface area (Å²) in [7, 11) is 1.69. The van der Waals surface area contributed by atoms with Crippen molar-refractivity contribution in [3.8, 4) is 11.5 Å². The van der Waals surface area contributed by atoms with Crippen LogP contribution in [0.1, 0.15) is 47.2 Å². The monoisotopic (exact) mass is 376 g/mol. The fourth-order valence-electron chi connectivity index (χ4n) is 5.00. The predicted octanol–water partition coefficient (Wildman–Crippen LogP) is 4.61. The molecule has 1 spiro atoms. The summed E-state index contributed by atoms with van der Waals surface area (Å²) >= 11 is 0. The van der Waals surface area contributed by atoms with Gasteiger partial charge in [-0.25, -0.2) is 4.79 Å². The molecule has 1 unspecified atom stereocenters. The highest BCUT2D eigenvalue weighted by Gasteiger charge is 2.52. The summed E-state index contributed by atoms with van der Waals surface area (Å²) in [6.45, 7) is 0. The number of hydrogen-bond acceptors (Lipinski definition) is 4. The number of methoxy groups -OCH3 is 1. The molecule has 4 heteroatoms. The molecule has 4 nitrogen and oxygen atoms in total. The van der Waals surface area contributed by atoms with E-state index in [1.54, 1.807) is 19.2 Å². The molecule has 2 aliphatic carbocycles. The third-order valence-electron chi connectivity index (χ3n) is 6.34. The van der Waals surface area contributed by atoms with Gasteiger partial charge in [0.15, 0.2) is 11.5 Å². The Kier molecular flexibility index (Phi) is 4.15. The molecule has 1 aliphatic heterocycles. The van der Waals surface area contributed by atoms with Gasteiger partial charge in [-0.05, 0) is 49.1 Å². The molecule has 28 heavy (non-hydrogen) atoms. The zero-order valence-electron chi connectivity index (χ0n) is 16.0. The van der Waals surface area contributed by atoms with Gasteiger partial charge < -0.3 is 14.2 Å². The molecule has 0 radical (unpaired) electrons. The molecule has 3 aliphatic rings. The number of aryl methyl sites for hydroxylation is 1. The Morgan fingerprint density at radius 1 is 1.14 bits per heavy atom. The van der Waals surface area contributed by atoms with Crippen LogP contribution in [0.3, 0.4) is 0 Å². The van der Waals surface area contributed by atoms with Gasteiger partial charge in [0.25, 0.3) is 0 Å². The highest BCUT2D eigenvalue weighted by atomic mass is 16.6. The van der Waals surface area contributed by atoms with Crippen LogP contribution >= 0.6 is 0 Å². The van der Waals surface area contributed by atoms with E-state index in [2.05, 4.69) is 18.2 Å². The van der Waals surface area contributed by atoms with Gasteiger partial charge in [-0.3, -0.25) is 0 Å². The molecule has 3 atom stereocenters. The average Bonchev–Trinajstić information content (AvgIpc) is 2.94. The van der Waals surface area contributed by atoms with Crippen molar-refractivity contribution in [3.63, 3.8) is 0 Å². The lowest BCUT2D eigenvalue weighted by Gasteiger charge is -2.36. The molecule has 0 saturated carbocycles. The van der Waals surface area contributed by atoms with Crippen molar-refractivity contribution in [2.24, 2.45) is 0 Å². The van der Waals surface area contributed by atoms with Crippen molar-refractivity contribution >= 4 is 5.97 Å². The molecule has 2 aromatic rings. The van der Waals surface area contributed by atoms with Gasteiger partial charge in [0, 0.05) is 12.0 Å². The Bertz CT molecular complexity index is 933. The predicted molar refractivity (Wildman–Crippen MR) is 106 cm³/mol. The standard InChI is InChI=1S/C24H24O4/c1-26-19-11-10-16-7-5-6-13-24-14-12-18(15-20(24)28-22(19)21(16)24)27-23(25)17-8-3-2-4-9-17/h2-4,8-12,14,18,20H,5-7,13,15H2,1H3/t18-,20?,24+/m0/s1. The van der Waals surface area contributed by atoms with Crippen LogP contribution in [-0.4, -0.2) is 25.3 Å². The SMILES string of the molecule is COc1ccc2c3c1OC1C[C@@H](OC(=O)c4ccccc4)C=C[C@@]31CCCC2. The first kappa shape index (κ1) is 17.4. The lowest BCUT2D eigenvalue weighted by atomic mass is 9.69. The maximum absolute atomic E-state index is 12.5. The van der Waals surface area contributed by atoms with Crippen LogP contribution in [-0.2, 0) is 16.6 Å². The number of benzene rings is 2. The molecule has 5 rings (SSSR count). The molecule has 144 valence electrons. The Balaban J connectivity index is 1.47. The quantitative estimate of drug-likeness (QED) is 0.580. The van der Waals surface area contributed by atoms with E-state index in [1.165, 1.54) is 17.5 Å². The number of rotatable bonds is 3. The van der Waals surface area contributed by atoms with E-state index in [0.717, 1.165) is 30.8 Å². The molecule has 0 aromatic heterocycles. The van der Waals surface area contributed by atoms with Crippen LogP contribution in [0.25, 0.3) is 0 Å². The lowest BCUT2D eigenvalue weighted by Crippen LogP contribution is -2.42. The Morgan fingerprint density at radius 3 is 2.82 bits per heavy atom. The first-order valence-corrected chi connectivity index (χ1v) is 10.0. The van der Waals surface area contributed by atoms with Crippen LogP contribution in [0.5, 0.6) is 11.5 Å². The highest BCUT2D eigenvalue weighted by Crippen LogP contribution is 2.56. The number of hydrogen-bond donors (Lipinski definition) is 0. The van der Waals surface area contributed by atoms with Gasteiger partial charge in [-0.2, -0.15) is 0 Å². The highest BCUT2D eigenvalue weighted by molar-refractivity contribution is 5.89.